The van der Waals surface area contributed by atoms with E-state index < -0.39 is 5.41 Å². The normalized spacial score (nSPS) is 16.9. The van der Waals surface area contributed by atoms with Gasteiger partial charge in [0.15, 0.2) is 0 Å². The molecule has 4 N–H and O–H groups in total. The quantitative estimate of drug-likeness (QED) is 0.304. The predicted octanol–water partition coefficient (Wildman–Crippen LogP) is 3.99. The number of aliphatic hydroxyl groups is 2. The van der Waals surface area contributed by atoms with E-state index in [1.165, 1.54) is 12.0 Å². The first-order valence-corrected chi connectivity index (χ1v) is 15.4. The van der Waals surface area contributed by atoms with Gasteiger partial charge in [0.05, 0.1) is 24.4 Å². The van der Waals surface area contributed by atoms with Gasteiger partial charge in [0.1, 0.15) is 5.82 Å². The number of aromatic nitrogens is 1. The van der Waals surface area contributed by atoms with Crippen LogP contribution in [0, 0.1) is 18.3 Å². The Morgan fingerprint density at radius 3 is 2.48 bits per heavy atom. The molecule has 40 heavy (non-hydrogen) atoms. The third-order valence-corrected chi connectivity index (χ3v) is 9.06. The number of anilines is 2. The molecule has 8 nitrogen and oxygen atoms in total. The molecule has 0 radical (unpaired) electrons. The number of aryl methyl sites for hydroxylation is 1. The number of aliphatic hydroxyl groups excluding tert-OH is 2. The molecular formula is C32H51N5O3. The molecule has 0 bridgehead atoms. The van der Waals surface area contributed by atoms with Gasteiger partial charge in [-0.25, -0.2) is 4.98 Å². The van der Waals surface area contributed by atoms with Gasteiger partial charge < -0.3 is 25.7 Å². The zero-order valence-electron chi connectivity index (χ0n) is 25.0. The molecule has 2 heterocycles. The minimum absolute atomic E-state index is 0.0820. The van der Waals surface area contributed by atoms with Gasteiger partial charge in [-0.1, -0.05) is 45.2 Å². The van der Waals surface area contributed by atoms with E-state index in [0.717, 1.165) is 106 Å². The summed E-state index contributed by atoms with van der Waals surface area (Å²) in [4.78, 5) is 24.2. The van der Waals surface area contributed by atoms with Crippen LogP contribution < -0.4 is 10.6 Å². The van der Waals surface area contributed by atoms with Crippen molar-refractivity contribution in [2.75, 3.05) is 69.7 Å². The van der Waals surface area contributed by atoms with Crippen LogP contribution >= 0.6 is 0 Å². The number of nitrogens with zero attached hydrogens (tertiary/aromatic N) is 4. The number of nitrogen functional groups attached to an aromatic ring is 1. The Bertz CT molecular complexity index is 1120. The Morgan fingerprint density at radius 2 is 1.85 bits per heavy atom. The number of amides is 1. The van der Waals surface area contributed by atoms with Crippen LogP contribution in [-0.4, -0.2) is 89.9 Å². The summed E-state index contributed by atoms with van der Waals surface area (Å²) >= 11 is 0. The van der Waals surface area contributed by atoms with Gasteiger partial charge in [-0.05, 0) is 57.2 Å². The van der Waals surface area contributed by atoms with Crippen LogP contribution in [-0.2, 0) is 11.2 Å². The molecule has 8 heteroatoms. The second kappa shape index (κ2) is 14.0. The van der Waals surface area contributed by atoms with Gasteiger partial charge >= 0.3 is 0 Å². The van der Waals surface area contributed by atoms with Crippen molar-refractivity contribution in [3.8, 4) is 0 Å². The monoisotopic (exact) mass is 553 g/mol. The number of pyridine rings is 1. The average Bonchev–Trinajstić information content (AvgIpc) is 2.93. The summed E-state index contributed by atoms with van der Waals surface area (Å²) in [7, 11) is 0. The van der Waals surface area contributed by atoms with E-state index in [4.69, 9.17) is 10.7 Å². The van der Waals surface area contributed by atoms with Crippen LogP contribution in [0.1, 0.15) is 69.9 Å². The first kappa shape index (κ1) is 30.5. The van der Waals surface area contributed by atoms with Crippen LogP contribution in [0.3, 0.4) is 0 Å². The third-order valence-electron chi connectivity index (χ3n) is 9.06. The lowest BCUT2D eigenvalue weighted by Gasteiger charge is -2.38. The number of nitrogens with two attached hydrogens (primary N) is 1. The van der Waals surface area contributed by atoms with Crippen molar-refractivity contribution in [1.82, 2.24) is 14.8 Å². The fraction of sp³-hybridized carbons (Fsp3) is 0.688. The minimum atomic E-state index is -0.612. The smallest absolute Gasteiger partial charge is 0.225 e. The molecule has 0 atom stereocenters. The molecule has 1 aromatic carbocycles. The van der Waals surface area contributed by atoms with Crippen molar-refractivity contribution >= 4 is 28.3 Å². The fourth-order valence-electron chi connectivity index (χ4n) is 6.02. The van der Waals surface area contributed by atoms with E-state index in [1.807, 2.05) is 13.8 Å². The summed E-state index contributed by atoms with van der Waals surface area (Å²) < 4.78 is 0. The van der Waals surface area contributed by atoms with E-state index in [0.29, 0.717) is 24.2 Å². The number of hydrogen-bond donors (Lipinski definition) is 3. The number of benzene rings is 1. The van der Waals surface area contributed by atoms with Gasteiger partial charge in [0.2, 0.25) is 5.91 Å². The first-order valence-electron chi connectivity index (χ1n) is 15.4. The van der Waals surface area contributed by atoms with E-state index in [2.05, 4.69) is 39.8 Å². The molecule has 1 aromatic heterocycles. The Hall–Kier alpha value is -2.42. The summed E-state index contributed by atoms with van der Waals surface area (Å²) in [6.45, 7) is 12.0. The minimum Gasteiger partial charge on any atom is -0.396 e. The highest BCUT2D eigenvalue weighted by molar-refractivity contribution is 5.96. The largest absolute Gasteiger partial charge is 0.396 e. The van der Waals surface area contributed by atoms with Crippen LogP contribution in [0.25, 0.3) is 10.9 Å². The number of hydrogen-bond acceptors (Lipinski definition) is 7. The Balaban J connectivity index is 1.43. The standard InChI is InChI=1S/C32H51N5O3/c1-4-5-6-15-37(21-32(3,22-38)23-39)29-24(2)30(33)34-28-20-25(12-13-27(28)29)9-8-14-35-16-18-36(19-17-35)31(40)26-10-7-11-26/h12-13,20,26,38-39H,4-11,14-19,21-23H2,1-3H3,(H2,33,34). The zero-order valence-corrected chi connectivity index (χ0v) is 25.0. The summed E-state index contributed by atoms with van der Waals surface area (Å²) in [5.74, 6) is 1.21. The maximum absolute atomic E-state index is 12.5. The number of fused-ring (bicyclic) bond motifs is 1. The number of piperazine rings is 1. The van der Waals surface area contributed by atoms with Crippen molar-refractivity contribution in [3.05, 3.63) is 29.3 Å². The summed E-state index contributed by atoms with van der Waals surface area (Å²) in [6, 6.07) is 6.55. The predicted molar refractivity (Wildman–Crippen MR) is 164 cm³/mol. The van der Waals surface area contributed by atoms with Crippen molar-refractivity contribution in [1.29, 1.82) is 0 Å². The van der Waals surface area contributed by atoms with E-state index >= 15 is 0 Å². The van der Waals surface area contributed by atoms with Crippen LogP contribution in [0.5, 0.6) is 0 Å². The molecule has 1 saturated heterocycles. The number of rotatable bonds is 14. The van der Waals surface area contributed by atoms with Crippen LogP contribution in [0.2, 0.25) is 0 Å². The summed E-state index contributed by atoms with van der Waals surface area (Å²) in [6.07, 6.45) is 8.67. The lowest BCUT2D eigenvalue weighted by atomic mass is 9.84. The molecule has 4 rings (SSSR count). The van der Waals surface area contributed by atoms with E-state index in [1.54, 1.807) is 0 Å². The second-order valence-corrected chi connectivity index (χ2v) is 12.5. The number of carbonyl (C=O) groups excluding carboxylic acids is 1. The zero-order chi connectivity index (χ0) is 28.7. The first-order chi connectivity index (χ1) is 19.3. The summed E-state index contributed by atoms with van der Waals surface area (Å²) in [5.41, 5.74) is 10.00. The summed E-state index contributed by atoms with van der Waals surface area (Å²) in [5, 5.41) is 21.1. The maximum Gasteiger partial charge on any atom is 0.225 e. The average molecular weight is 554 g/mol. The lowest BCUT2D eigenvalue weighted by Crippen LogP contribution is -2.51. The highest BCUT2D eigenvalue weighted by atomic mass is 16.3. The van der Waals surface area contributed by atoms with Crippen LogP contribution in [0.4, 0.5) is 11.5 Å². The molecule has 1 amide bonds. The Kier molecular flexibility index (Phi) is 10.7. The van der Waals surface area contributed by atoms with Gasteiger partial charge in [-0.2, -0.15) is 0 Å². The highest BCUT2D eigenvalue weighted by Crippen LogP contribution is 2.35. The van der Waals surface area contributed by atoms with Crippen molar-refractivity contribution in [2.24, 2.45) is 11.3 Å². The molecule has 1 saturated carbocycles. The number of carbonyl (C=O) groups is 1. The SMILES string of the molecule is CCCCCN(CC(C)(CO)CO)c1c(C)c(N)nc2cc(CCCN3CCN(C(=O)C4CCC4)CC3)ccc12. The van der Waals surface area contributed by atoms with Crippen molar-refractivity contribution < 1.29 is 15.0 Å². The van der Waals surface area contributed by atoms with E-state index in [-0.39, 0.29) is 13.2 Å². The van der Waals surface area contributed by atoms with Gasteiger partial charge in [0.25, 0.3) is 0 Å². The molecule has 1 aliphatic carbocycles. The molecule has 1 aliphatic heterocycles. The lowest BCUT2D eigenvalue weighted by molar-refractivity contribution is -0.139. The molecule has 2 aromatic rings. The molecule has 2 aliphatic rings. The second-order valence-electron chi connectivity index (χ2n) is 12.5. The van der Waals surface area contributed by atoms with Crippen LogP contribution in [0.15, 0.2) is 18.2 Å². The number of unbranched alkanes of at least 4 members (excludes halogenated alkanes) is 2. The molecule has 222 valence electrons. The highest BCUT2D eigenvalue weighted by Gasteiger charge is 2.31. The molecule has 0 spiro atoms. The molecular weight excluding hydrogens is 502 g/mol. The van der Waals surface area contributed by atoms with Gasteiger partial charge in [-0.3, -0.25) is 9.69 Å². The molecule has 2 fully saturated rings. The third kappa shape index (κ3) is 7.25. The van der Waals surface area contributed by atoms with E-state index in [9.17, 15) is 15.0 Å². The Labute approximate surface area is 240 Å². The van der Waals surface area contributed by atoms with Crippen molar-refractivity contribution in [2.45, 2.75) is 72.1 Å². The topological polar surface area (TPSA) is 106 Å². The molecule has 0 unspecified atom stereocenters. The van der Waals surface area contributed by atoms with Gasteiger partial charge in [0, 0.05) is 61.6 Å². The fourth-order valence-corrected chi connectivity index (χ4v) is 6.02. The maximum atomic E-state index is 12.5. The Morgan fingerprint density at radius 1 is 1.12 bits per heavy atom. The van der Waals surface area contributed by atoms with Gasteiger partial charge in [-0.15, -0.1) is 0 Å². The van der Waals surface area contributed by atoms with Crippen molar-refractivity contribution in [3.63, 3.8) is 0 Å².